The number of aromatic nitrogens is 3. The number of piperidine rings is 2. The van der Waals surface area contributed by atoms with E-state index in [-0.39, 0.29) is 0 Å². The fraction of sp³-hybridized carbons (Fsp3) is 0.500. The molecular formula is C24H31N5. The standard InChI is InChI=1S/C24H31N5/c1-17-7-6-14-26-23(17)21-10-5-11-22(28(21)2)24-27-19-8-3-4-9-20(19)29(24)18-12-15-25-16-13-18/h3-4,6-9,14,18,21-22,25H,5,10-13,15-16H2,1-2H3/t21-,22+/m0/s1. The maximum Gasteiger partial charge on any atom is 0.127 e. The van der Waals surface area contributed by atoms with Gasteiger partial charge in [-0.1, -0.05) is 18.2 Å². The van der Waals surface area contributed by atoms with Crippen molar-refractivity contribution in [3.63, 3.8) is 0 Å². The maximum atomic E-state index is 5.19. The number of benzene rings is 1. The van der Waals surface area contributed by atoms with Gasteiger partial charge in [0.1, 0.15) is 5.82 Å². The number of likely N-dealkylation sites (tertiary alicyclic amines) is 1. The van der Waals surface area contributed by atoms with Gasteiger partial charge in [-0.25, -0.2) is 4.98 Å². The number of aryl methyl sites for hydroxylation is 1. The zero-order chi connectivity index (χ0) is 19.8. The van der Waals surface area contributed by atoms with Gasteiger partial charge in [-0.15, -0.1) is 0 Å². The predicted molar refractivity (Wildman–Crippen MR) is 117 cm³/mol. The summed E-state index contributed by atoms with van der Waals surface area (Å²) in [6.07, 6.45) is 7.82. The lowest BCUT2D eigenvalue weighted by molar-refractivity contribution is 0.102. The van der Waals surface area contributed by atoms with Crippen molar-refractivity contribution in [2.24, 2.45) is 0 Å². The molecule has 5 heteroatoms. The smallest absolute Gasteiger partial charge is 0.127 e. The van der Waals surface area contributed by atoms with Crippen LogP contribution in [-0.4, -0.2) is 39.6 Å². The topological polar surface area (TPSA) is 46.0 Å². The summed E-state index contributed by atoms with van der Waals surface area (Å²) < 4.78 is 2.57. The number of nitrogens with one attached hydrogen (secondary N) is 1. The molecule has 152 valence electrons. The highest BCUT2D eigenvalue weighted by Crippen LogP contribution is 2.42. The van der Waals surface area contributed by atoms with Crippen LogP contribution in [0.3, 0.4) is 0 Å². The third-order valence-electron chi connectivity index (χ3n) is 6.90. The van der Waals surface area contributed by atoms with E-state index in [2.05, 4.69) is 59.1 Å². The first kappa shape index (κ1) is 18.8. The van der Waals surface area contributed by atoms with Crippen molar-refractivity contribution in [2.75, 3.05) is 20.1 Å². The van der Waals surface area contributed by atoms with E-state index in [4.69, 9.17) is 9.97 Å². The largest absolute Gasteiger partial charge is 0.323 e. The van der Waals surface area contributed by atoms with E-state index in [9.17, 15) is 0 Å². The Morgan fingerprint density at radius 1 is 0.966 bits per heavy atom. The molecule has 5 nitrogen and oxygen atoms in total. The lowest BCUT2D eigenvalue weighted by atomic mass is 9.91. The zero-order valence-electron chi connectivity index (χ0n) is 17.5. The summed E-state index contributed by atoms with van der Waals surface area (Å²) >= 11 is 0. The highest BCUT2D eigenvalue weighted by atomic mass is 15.2. The highest BCUT2D eigenvalue weighted by molar-refractivity contribution is 5.76. The van der Waals surface area contributed by atoms with Gasteiger partial charge in [-0.3, -0.25) is 9.88 Å². The second-order valence-electron chi connectivity index (χ2n) is 8.64. The minimum absolute atomic E-state index is 0.331. The van der Waals surface area contributed by atoms with Crippen molar-refractivity contribution >= 4 is 11.0 Å². The molecule has 3 aromatic rings. The number of hydrogen-bond donors (Lipinski definition) is 1. The van der Waals surface area contributed by atoms with Crippen LogP contribution in [-0.2, 0) is 0 Å². The Hall–Kier alpha value is -2.24. The molecule has 2 aromatic heterocycles. The van der Waals surface area contributed by atoms with E-state index in [1.54, 1.807) is 0 Å². The number of hydrogen-bond acceptors (Lipinski definition) is 4. The summed E-state index contributed by atoms with van der Waals surface area (Å²) in [5, 5.41) is 3.51. The van der Waals surface area contributed by atoms with E-state index in [1.807, 2.05) is 12.3 Å². The van der Waals surface area contributed by atoms with E-state index in [1.165, 1.54) is 48.3 Å². The Morgan fingerprint density at radius 2 is 1.76 bits per heavy atom. The Bertz CT molecular complexity index is 988. The molecule has 0 unspecified atom stereocenters. The molecule has 2 saturated heterocycles. The SMILES string of the molecule is Cc1cccnc1[C@@H]1CCC[C@H](c2nc3ccccc3n2C2CCNCC2)N1C. The molecule has 0 amide bonds. The quantitative estimate of drug-likeness (QED) is 0.713. The van der Waals surface area contributed by atoms with Crippen LogP contribution in [0.1, 0.15) is 67.3 Å². The van der Waals surface area contributed by atoms with Crippen LogP contribution in [0.15, 0.2) is 42.6 Å². The molecule has 0 bridgehead atoms. The maximum absolute atomic E-state index is 5.19. The van der Waals surface area contributed by atoms with Crippen LogP contribution < -0.4 is 5.32 Å². The van der Waals surface area contributed by atoms with Gasteiger partial charge in [0.2, 0.25) is 0 Å². The first-order valence-corrected chi connectivity index (χ1v) is 11.0. The fourth-order valence-electron chi connectivity index (χ4n) is 5.36. The molecule has 2 fully saturated rings. The van der Waals surface area contributed by atoms with E-state index in [0.29, 0.717) is 18.1 Å². The number of fused-ring (bicyclic) bond motifs is 1. The molecule has 2 atom stereocenters. The summed E-state index contributed by atoms with van der Waals surface area (Å²) in [5.74, 6) is 1.25. The van der Waals surface area contributed by atoms with Crippen LogP contribution in [0, 0.1) is 6.92 Å². The molecule has 1 aromatic carbocycles. The molecular weight excluding hydrogens is 358 g/mol. The van der Waals surface area contributed by atoms with Crippen molar-refractivity contribution in [3.8, 4) is 0 Å². The van der Waals surface area contributed by atoms with Crippen LogP contribution in [0.25, 0.3) is 11.0 Å². The lowest BCUT2D eigenvalue weighted by Gasteiger charge is -2.40. The van der Waals surface area contributed by atoms with Crippen molar-refractivity contribution in [1.82, 2.24) is 24.8 Å². The van der Waals surface area contributed by atoms with Crippen LogP contribution >= 0.6 is 0 Å². The van der Waals surface area contributed by atoms with Crippen LogP contribution in [0.5, 0.6) is 0 Å². The third kappa shape index (κ3) is 3.36. The molecule has 0 radical (unpaired) electrons. The summed E-state index contributed by atoms with van der Waals surface area (Å²) in [4.78, 5) is 12.5. The van der Waals surface area contributed by atoms with E-state index >= 15 is 0 Å². The Kier molecular flexibility index (Phi) is 5.10. The molecule has 2 aliphatic heterocycles. The summed E-state index contributed by atoms with van der Waals surface area (Å²) in [6.45, 7) is 4.36. The summed E-state index contributed by atoms with van der Waals surface area (Å²) in [7, 11) is 2.27. The fourth-order valence-corrected chi connectivity index (χ4v) is 5.36. The van der Waals surface area contributed by atoms with Crippen molar-refractivity contribution < 1.29 is 0 Å². The Balaban J connectivity index is 1.57. The van der Waals surface area contributed by atoms with Gasteiger partial charge in [-0.05, 0) is 82.9 Å². The lowest BCUT2D eigenvalue weighted by Crippen LogP contribution is -2.37. The Labute approximate surface area is 173 Å². The van der Waals surface area contributed by atoms with Gasteiger partial charge in [0.05, 0.1) is 28.8 Å². The molecule has 1 N–H and O–H groups in total. The number of rotatable bonds is 3. The molecule has 2 aliphatic rings. The predicted octanol–water partition coefficient (Wildman–Crippen LogP) is 4.56. The molecule has 0 spiro atoms. The second-order valence-corrected chi connectivity index (χ2v) is 8.64. The van der Waals surface area contributed by atoms with E-state index < -0.39 is 0 Å². The average Bonchev–Trinajstić information content (AvgIpc) is 3.14. The number of imidazole rings is 1. The minimum atomic E-state index is 0.331. The van der Waals surface area contributed by atoms with Gasteiger partial charge >= 0.3 is 0 Å². The molecule has 0 saturated carbocycles. The highest BCUT2D eigenvalue weighted by Gasteiger charge is 2.35. The van der Waals surface area contributed by atoms with Crippen molar-refractivity contribution in [2.45, 2.75) is 57.2 Å². The number of nitrogens with zero attached hydrogens (tertiary/aromatic N) is 4. The normalized spacial score (nSPS) is 24.2. The first-order valence-electron chi connectivity index (χ1n) is 11.0. The van der Waals surface area contributed by atoms with Crippen molar-refractivity contribution in [1.29, 1.82) is 0 Å². The number of pyridine rings is 1. The number of para-hydroxylation sites is 2. The third-order valence-corrected chi connectivity index (χ3v) is 6.90. The molecule has 29 heavy (non-hydrogen) atoms. The summed E-state index contributed by atoms with van der Waals surface area (Å²) in [5.41, 5.74) is 4.94. The second kappa shape index (κ2) is 7.88. The Morgan fingerprint density at radius 3 is 2.59 bits per heavy atom. The summed E-state index contributed by atoms with van der Waals surface area (Å²) in [6, 6.07) is 14.1. The molecule has 0 aliphatic carbocycles. The van der Waals surface area contributed by atoms with Gasteiger partial charge in [0.15, 0.2) is 0 Å². The van der Waals surface area contributed by atoms with Crippen LogP contribution in [0.2, 0.25) is 0 Å². The molecule has 5 rings (SSSR count). The average molecular weight is 390 g/mol. The zero-order valence-corrected chi connectivity index (χ0v) is 17.5. The monoisotopic (exact) mass is 389 g/mol. The van der Waals surface area contributed by atoms with Crippen LogP contribution in [0.4, 0.5) is 0 Å². The van der Waals surface area contributed by atoms with Gasteiger partial charge in [0, 0.05) is 12.2 Å². The van der Waals surface area contributed by atoms with Gasteiger partial charge in [-0.2, -0.15) is 0 Å². The minimum Gasteiger partial charge on any atom is -0.323 e. The van der Waals surface area contributed by atoms with Gasteiger partial charge < -0.3 is 9.88 Å². The van der Waals surface area contributed by atoms with Gasteiger partial charge in [0.25, 0.3) is 0 Å². The van der Waals surface area contributed by atoms with Crippen molar-refractivity contribution in [3.05, 3.63) is 59.7 Å². The molecule has 4 heterocycles. The van der Waals surface area contributed by atoms with E-state index in [0.717, 1.165) is 25.0 Å². The first-order chi connectivity index (χ1) is 14.2.